The van der Waals surface area contributed by atoms with Crippen molar-refractivity contribution in [1.29, 1.82) is 0 Å². The molecule has 0 aliphatic carbocycles. The van der Waals surface area contributed by atoms with Crippen LogP contribution < -0.4 is 5.32 Å². The van der Waals surface area contributed by atoms with Crippen LogP contribution in [0.25, 0.3) is 0 Å². The van der Waals surface area contributed by atoms with Crippen molar-refractivity contribution >= 4 is 5.97 Å². The van der Waals surface area contributed by atoms with E-state index in [4.69, 9.17) is 5.11 Å². The van der Waals surface area contributed by atoms with Gasteiger partial charge in [0, 0.05) is 0 Å². The summed E-state index contributed by atoms with van der Waals surface area (Å²) in [5.41, 5.74) is 0. The van der Waals surface area contributed by atoms with Crippen LogP contribution in [0.5, 0.6) is 0 Å². The Labute approximate surface area is 164 Å². The van der Waals surface area contributed by atoms with E-state index in [-0.39, 0.29) is 0 Å². The summed E-state index contributed by atoms with van der Waals surface area (Å²) in [6.45, 7) is -2.60. The summed E-state index contributed by atoms with van der Waals surface area (Å²) < 4.78 is 220. The summed E-state index contributed by atoms with van der Waals surface area (Å²) in [7, 11) is 0. The van der Waals surface area contributed by atoms with E-state index in [1.165, 1.54) is 0 Å². The molecule has 0 rings (SSSR count). The van der Waals surface area contributed by atoms with Crippen LogP contribution in [0.2, 0.25) is 0 Å². The first-order valence-electron chi connectivity index (χ1n) is 7.25. The molecular formula is C12H8F17NO2. The molecule has 2 N–H and O–H groups in total. The quantitative estimate of drug-likeness (QED) is 0.396. The minimum absolute atomic E-state index is 0.400. The van der Waals surface area contributed by atoms with Gasteiger partial charge >= 0.3 is 53.6 Å². The molecule has 0 spiro atoms. The molecule has 0 aromatic rings. The van der Waals surface area contributed by atoms with E-state index in [1.807, 2.05) is 0 Å². The topological polar surface area (TPSA) is 49.3 Å². The molecule has 0 aromatic carbocycles. The summed E-state index contributed by atoms with van der Waals surface area (Å²) in [6, 6.07) is -2.29. The first-order valence-corrected chi connectivity index (χ1v) is 7.25. The van der Waals surface area contributed by atoms with E-state index >= 15 is 0 Å². The number of halogens is 17. The highest BCUT2D eigenvalue weighted by molar-refractivity contribution is 5.72. The molecule has 20 heteroatoms. The molecule has 0 aliphatic rings. The lowest BCUT2D eigenvalue weighted by molar-refractivity contribution is -0.461. The van der Waals surface area contributed by atoms with Gasteiger partial charge in [0.05, 0.1) is 6.54 Å². The molecule has 192 valence electrons. The summed E-state index contributed by atoms with van der Waals surface area (Å²) in [5.74, 6) is -59.1. The number of carboxylic acids is 1. The van der Waals surface area contributed by atoms with Crippen molar-refractivity contribution in [1.82, 2.24) is 5.32 Å². The third kappa shape index (κ3) is 4.13. The molecule has 0 saturated carbocycles. The smallest absolute Gasteiger partial charge is 0.460 e. The lowest BCUT2D eigenvalue weighted by Gasteiger charge is -2.42. The number of nitrogens with one attached hydrogen (secondary N) is 1. The van der Waals surface area contributed by atoms with E-state index in [9.17, 15) is 79.4 Å². The van der Waals surface area contributed by atoms with E-state index < -0.39 is 66.2 Å². The molecular weight excluding hydrogens is 513 g/mol. The second-order valence-electron chi connectivity index (χ2n) is 6.09. The maximum atomic E-state index is 13.4. The molecule has 0 heterocycles. The summed E-state index contributed by atoms with van der Waals surface area (Å²) in [4.78, 5) is 10.3. The minimum Gasteiger partial charge on any atom is -0.480 e. The number of alkyl halides is 17. The van der Waals surface area contributed by atoms with E-state index in [0.717, 1.165) is 5.32 Å². The third-order valence-electron chi connectivity index (χ3n) is 3.79. The van der Waals surface area contributed by atoms with E-state index in [0.29, 0.717) is 6.92 Å². The largest absolute Gasteiger partial charge is 0.480 e. The zero-order valence-electron chi connectivity index (χ0n) is 14.6. The highest BCUT2D eigenvalue weighted by Crippen LogP contribution is 2.63. The van der Waals surface area contributed by atoms with Crippen LogP contribution in [0.3, 0.4) is 0 Å². The van der Waals surface area contributed by atoms with Crippen LogP contribution in [-0.4, -0.2) is 71.3 Å². The third-order valence-corrected chi connectivity index (χ3v) is 3.79. The first-order chi connectivity index (χ1) is 13.6. The number of carboxylic acid groups (broad SMARTS) is 1. The number of aliphatic carboxylic acids is 1. The normalized spacial score (nSPS) is 16.8. The van der Waals surface area contributed by atoms with Crippen LogP contribution in [0.15, 0.2) is 0 Å². The molecule has 0 aromatic heterocycles. The molecule has 0 saturated heterocycles. The van der Waals surface area contributed by atoms with Gasteiger partial charge in [-0.15, -0.1) is 0 Å². The fourth-order valence-corrected chi connectivity index (χ4v) is 1.68. The van der Waals surface area contributed by atoms with Crippen molar-refractivity contribution in [2.75, 3.05) is 6.54 Å². The van der Waals surface area contributed by atoms with Gasteiger partial charge in [-0.1, -0.05) is 0 Å². The van der Waals surface area contributed by atoms with Gasteiger partial charge in [-0.25, -0.2) is 0 Å². The Morgan fingerprint density at radius 2 is 0.906 bits per heavy atom. The van der Waals surface area contributed by atoms with Gasteiger partial charge in [-0.3, -0.25) is 10.1 Å². The minimum atomic E-state index is -8.69. The molecule has 3 nitrogen and oxygen atoms in total. The van der Waals surface area contributed by atoms with Crippen LogP contribution in [-0.2, 0) is 4.79 Å². The van der Waals surface area contributed by atoms with Gasteiger partial charge in [0.2, 0.25) is 0 Å². The van der Waals surface area contributed by atoms with Crippen molar-refractivity contribution in [3.8, 4) is 0 Å². The monoisotopic (exact) mass is 521 g/mol. The standard InChI is InChI=1S/C12H8F17NO2/c1-3(4(31)32)30-2-5(13,14)6(15,16)7(17,18)8(19,20)9(21,22)10(23,24)11(25,26)12(27,28)29/h3,30H,2H2,1H3,(H,31,32)/t3-/m0/s1. The second-order valence-corrected chi connectivity index (χ2v) is 6.09. The van der Waals surface area contributed by atoms with E-state index in [2.05, 4.69) is 0 Å². The van der Waals surface area contributed by atoms with Gasteiger partial charge in [0.25, 0.3) is 0 Å². The van der Waals surface area contributed by atoms with Crippen LogP contribution >= 0.6 is 0 Å². The second kappa shape index (κ2) is 7.93. The molecule has 0 unspecified atom stereocenters. The highest BCUT2D eigenvalue weighted by atomic mass is 19.4. The van der Waals surface area contributed by atoms with Crippen LogP contribution in [0, 0.1) is 0 Å². The fraction of sp³-hybridized carbons (Fsp3) is 0.917. The maximum Gasteiger partial charge on any atom is 0.460 e. The molecule has 0 aliphatic heterocycles. The Bertz CT molecular complexity index is 698. The molecule has 32 heavy (non-hydrogen) atoms. The maximum absolute atomic E-state index is 13.4. The summed E-state index contributed by atoms with van der Waals surface area (Å²) in [5, 5.41) is 9.15. The molecule has 0 fully saturated rings. The number of rotatable bonds is 10. The predicted octanol–water partition coefficient (Wildman–Crippen LogP) is 5.06. The van der Waals surface area contributed by atoms with Crippen molar-refractivity contribution in [2.45, 2.75) is 60.6 Å². The number of hydrogen-bond donors (Lipinski definition) is 2. The Kier molecular flexibility index (Phi) is 7.49. The first kappa shape index (κ1) is 30.2. The highest BCUT2D eigenvalue weighted by Gasteiger charge is 2.95. The van der Waals surface area contributed by atoms with Gasteiger partial charge in [-0.2, -0.15) is 74.6 Å². The zero-order valence-corrected chi connectivity index (χ0v) is 14.6. The van der Waals surface area contributed by atoms with E-state index in [1.54, 1.807) is 0 Å². The molecule has 0 amide bonds. The van der Waals surface area contributed by atoms with Gasteiger partial charge in [-0.05, 0) is 6.92 Å². The van der Waals surface area contributed by atoms with Crippen molar-refractivity contribution in [3.05, 3.63) is 0 Å². The van der Waals surface area contributed by atoms with Gasteiger partial charge in [0.15, 0.2) is 0 Å². The predicted molar refractivity (Wildman–Crippen MR) is 65.8 cm³/mol. The summed E-state index contributed by atoms with van der Waals surface area (Å²) >= 11 is 0. The summed E-state index contributed by atoms with van der Waals surface area (Å²) in [6.07, 6.45) is -7.81. The SMILES string of the molecule is C[C@H](NCC(F)(F)C(F)(F)C(F)(F)C(F)(F)C(F)(F)C(F)(F)C(F)(F)C(F)(F)F)C(=O)O. The average molecular weight is 521 g/mol. The molecule has 1 atom stereocenters. The van der Waals surface area contributed by atoms with Gasteiger partial charge in [0.1, 0.15) is 6.04 Å². The number of carbonyl (C=O) groups is 1. The Hall–Kier alpha value is -1.76. The Balaban J connectivity index is 6.50. The van der Waals surface area contributed by atoms with Crippen LogP contribution in [0.1, 0.15) is 6.92 Å². The van der Waals surface area contributed by atoms with Crippen molar-refractivity contribution < 1.29 is 84.5 Å². The zero-order chi connectivity index (χ0) is 26.6. The number of hydrogen-bond acceptors (Lipinski definition) is 2. The Morgan fingerprint density at radius 1 is 0.625 bits per heavy atom. The van der Waals surface area contributed by atoms with Crippen molar-refractivity contribution in [2.24, 2.45) is 0 Å². The van der Waals surface area contributed by atoms with Crippen molar-refractivity contribution in [3.63, 3.8) is 0 Å². The molecule has 0 radical (unpaired) electrons. The average Bonchev–Trinajstić information content (AvgIpc) is 2.57. The van der Waals surface area contributed by atoms with Crippen LogP contribution in [0.4, 0.5) is 74.6 Å². The lowest BCUT2D eigenvalue weighted by atomic mass is 9.89. The van der Waals surface area contributed by atoms with Gasteiger partial charge < -0.3 is 5.11 Å². The molecule has 0 bridgehead atoms. The Morgan fingerprint density at radius 3 is 1.19 bits per heavy atom. The fourth-order valence-electron chi connectivity index (χ4n) is 1.68. The lowest BCUT2D eigenvalue weighted by Crippen LogP contribution is -2.75.